The van der Waals surface area contributed by atoms with E-state index in [0.717, 1.165) is 19.3 Å². The van der Waals surface area contributed by atoms with Gasteiger partial charge in [-0.25, -0.2) is 0 Å². The van der Waals surface area contributed by atoms with Crippen LogP contribution in [0.25, 0.3) is 0 Å². The van der Waals surface area contributed by atoms with Gasteiger partial charge in [0.1, 0.15) is 0 Å². The molecule has 2 unspecified atom stereocenters. The first-order chi connectivity index (χ1) is 9.35. The SMILES string of the molecule is CCC(C)(C1=CC(Br)CC(Br)=C1)C1=CC(Br)CC(Br)=C1. The summed E-state index contributed by atoms with van der Waals surface area (Å²) in [5.74, 6) is 0. The lowest BCUT2D eigenvalue weighted by Crippen LogP contribution is -2.24. The summed E-state index contributed by atoms with van der Waals surface area (Å²) in [6.45, 7) is 4.61. The average molecular weight is 530 g/mol. The van der Waals surface area contributed by atoms with E-state index in [1.165, 1.54) is 20.1 Å². The molecule has 0 amide bonds. The third-order valence-electron chi connectivity index (χ3n) is 4.11. The predicted molar refractivity (Wildman–Crippen MR) is 103 cm³/mol. The molecule has 0 aliphatic heterocycles. The van der Waals surface area contributed by atoms with Crippen molar-refractivity contribution in [3.05, 3.63) is 44.4 Å². The zero-order chi connectivity index (χ0) is 14.9. The van der Waals surface area contributed by atoms with Gasteiger partial charge in [-0.15, -0.1) is 0 Å². The maximum absolute atomic E-state index is 3.74. The van der Waals surface area contributed by atoms with Gasteiger partial charge in [0.2, 0.25) is 0 Å². The Hall–Kier alpha value is 0.880. The zero-order valence-corrected chi connectivity index (χ0v) is 17.9. The van der Waals surface area contributed by atoms with Gasteiger partial charge in [0.05, 0.1) is 0 Å². The molecule has 0 saturated carbocycles. The lowest BCUT2D eigenvalue weighted by molar-refractivity contribution is 0.475. The molecule has 4 heteroatoms. The highest BCUT2D eigenvalue weighted by molar-refractivity contribution is 9.12. The van der Waals surface area contributed by atoms with Gasteiger partial charge in [0, 0.05) is 15.1 Å². The summed E-state index contributed by atoms with van der Waals surface area (Å²) in [6.07, 6.45) is 12.4. The first-order valence-electron chi connectivity index (χ1n) is 6.80. The second kappa shape index (κ2) is 6.97. The van der Waals surface area contributed by atoms with Gasteiger partial charge in [0.15, 0.2) is 0 Å². The molecule has 2 atom stereocenters. The summed E-state index contributed by atoms with van der Waals surface area (Å²) in [6, 6.07) is 0. The molecule has 0 radical (unpaired) electrons. The molecule has 0 aromatic heterocycles. The first-order valence-corrected chi connectivity index (χ1v) is 10.2. The van der Waals surface area contributed by atoms with E-state index in [9.17, 15) is 0 Å². The minimum Gasteiger partial charge on any atom is -0.0841 e. The molecule has 0 nitrogen and oxygen atoms in total. The number of hydrogen-bond donors (Lipinski definition) is 0. The fourth-order valence-electron chi connectivity index (χ4n) is 2.69. The normalized spacial score (nSPS) is 29.9. The molecule has 110 valence electrons. The smallest absolute Gasteiger partial charge is 0.0376 e. The van der Waals surface area contributed by atoms with Crippen molar-refractivity contribution in [2.75, 3.05) is 0 Å². The fraction of sp³-hybridized carbons (Fsp3) is 0.500. The van der Waals surface area contributed by atoms with Gasteiger partial charge in [-0.2, -0.15) is 0 Å². The predicted octanol–water partition coefficient (Wildman–Crippen LogP) is 7.15. The second-order valence-corrected chi connectivity index (χ2v) is 9.94. The highest BCUT2D eigenvalue weighted by atomic mass is 79.9. The third kappa shape index (κ3) is 3.80. The molecule has 2 aliphatic carbocycles. The molecule has 0 heterocycles. The van der Waals surface area contributed by atoms with Gasteiger partial charge < -0.3 is 0 Å². The lowest BCUT2D eigenvalue weighted by Gasteiger charge is -2.36. The van der Waals surface area contributed by atoms with Crippen LogP contribution in [0.4, 0.5) is 0 Å². The van der Waals surface area contributed by atoms with Crippen molar-refractivity contribution in [3.8, 4) is 0 Å². The molecule has 0 aromatic carbocycles. The van der Waals surface area contributed by atoms with Crippen molar-refractivity contribution in [3.63, 3.8) is 0 Å². The Labute approximate surface area is 155 Å². The molecule has 0 aromatic rings. The highest BCUT2D eigenvalue weighted by Crippen LogP contribution is 2.46. The average Bonchev–Trinajstić information content (AvgIpc) is 2.35. The van der Waals surface area contributed by atoms with Crippen molar-refractivity contribution < 1.29 is 0 Å². The van der Waals surface area contributed by atoms with Crippen LogP contribution in [0.3, 0.4) is 0 Å². The molecule has 2 aliphatic rings. The monoisotopic (exact) mass is 526 g/mol. The zero-order valence-electron chi connectivity index (χ0n) is 11.6. The van der Waals surface area contributed by atoms with Gasteiger partial charge in [-0.05, 0) is 51.5 Å². The van der Waals surface area contributed by atoms with Crippen LogP contribution >= 0.6 is 63.7 Å². The van der Waals surface area contributed by atoms with E-state index in [2.05, 4.69) is 102 Å². The largest absolute Gasteiger partial charge is 0.0841 e. The van der Waals surface area contributed by atoms with E-state index in [0.29, 0.717) is 9.65 Å². The van der Waals surface area contributed by atoms with Crippen LogP contribution in [0.5, 0.6) is 0 Å². The van der Waals surface area contributed by atoms with E-state index < -0.39 is 0 Å². The quantitative estimate of drug-likeness (QED) is 0.341. The number of alkyl halides is 2. The van der Waals surface area contributed by atoms with Gasteiger partial charge in [-0.1, -0.05) is 89.7 Å². The van der Waals surface area contributed by atoms with Gasteiger partial charge >= 0.3 is 0 Å². The second-order valence-electron chi connectivity index (χ2n) is 5.55. The van der Waals surface area contributed by atoms with E-state index in [1.54, 1.807) is 0 Å². The maximum atomic E-state index is 3.74. The van der Waals surface area contributed by atoms with E-state index >= 15 is 0 Å². The molecule has 0 spiro atoms. The van der Waals surface area contributed by atoms with Crippen molar-refractivity contribution >= 4 is 63.7 Å². The fourth-order valence-corrected chi connectivity index (χ4v) is 6.02. The summed E-state index contributed by atoms with van der Waals surface area (Å²) in [4.78, 5) is 0.832. The van der Waals surface area contributed by atoms with Crippen molar-refractivity contribution in [2.24, 2.45) is 5.41 Å². The van der Waals surface area contributed by atoms with Crippen LogP contribution < -0.4 is 0 Å². The van der Waals surface area contributed by atoms with Crippen molar-refractivity contribution in [1.29, 1.82) is 0 Å². The summed E-state index contributed by atoms with van der Waals surface area (Å²) in [7, 11) is 0. The molecule has 2 rings (SSSR count). The maximum Gasteiger partial charge on any atom is 0.0376 e. The molecular weight excluding hydrogens is 512 g/mol. The van der Waals surface area contributed by atoms with E-state index in [1.807, 2.05) is 0 Å². The van der Waals surface area contributed by atoms with Crippen LogP contribution in [-0.4, -0.2) is 9.65 Å². The van der Waals surface area contributed by atoms with Crippen molar-refractivity contribution in [2.45, 2.75) is 42.8 Å². The Morgan fingerprint density at radius 3 is 1.70 bits per heavy atom. The molecule has 20 heavy (non-hydrogen) atoms. The number of rotatable bonds is 3. The topological polar surface area (TPSA) is 0 Å². The van der Waals surface area contributed by atoms with Crippen LogP contribution in [0, 0.1) is 5.41 Å². The summed E-state index contributed by atoms with van der Waals surface area (Å²) in [5.41, 5.74) is 2.84. The van der Waals surface area contributed by atoms with Gasteiger partial charge in [-0.3, -0.25) is 0 Å². The molecule has 0 N–H and O–H groups in total. The molecular formula is C16H18Br4. The minimum atomic E-state index is 0.0525. The minimum absolute atomic E-state index is 0.0525. The number of allylic oxidation sites excluding steroid dienone is 8. The summed E-state index contributed by atoms with van der Waals surface area (Å²) in [5, 5.41) is 0. The number of hydrogen-bond acceptors (Lipinski definition) is 0. The Morgan fingerprint density at radius 2 is 1.40 bits per heavy atom. The summed E-state index contributed by atoms with van der Waals surface area (Å²) >= 11 is 14.8. The Kier molecular flexibility index (Phi) is 6.01. The molecule has 0 fully saturated rings. The van der Waals surface area contributed by atoms with Crippen molar-refractivity contribution in [1.82, 2.24) is 0 Å². The summed E-state index contributed by atoms with van der Waals surface area (Å²) < 4.78 is 2.54. The van der Waals surface area contributed by atoms with Crippen LogP contribution in [0.1, 0.15) is 33.1 Å². The van der Waals surface area contributed by atoms with Crippen LogP contribution in [0.15, 0.2) is 44.4 Å². The standard InChI is InChI=1S/C16H18Br4/c1-3-16(2,10-4-12(17)8-13(18)5-10)11-6-14(19)9-15(20)7-11/h4-7,12,14H,3,8-9H2,1-2H3. The van der Waals surface area contributed by atoms with Crippen LogP contribution in [0.2, 0.25) is 0 Å². The lowest BCUT2D eigenvalue weighted by atomic mass is 9.70. The number of halogens is 4. The third-order valence-corrected chi connectivity index (χ3v) is 6.39. The molecule has 0 saturated heterocycles. The first kappa shape index (κ1) is 17.2. The Balaban J connectivity index is 2.44. The Morgan fingerprint density at radius 1 is 1.00 bits per heavy atom. The highest BCUT2D eigenvalue weighted by Gasteiger charge is 2.33. The van der Waals surface area contributed by atoms with Crippen LogP contribution in [-0.2, 0) is 0 Å². The van der Waals surface area contributed by atoms with E-state index in [-0.39, 0.29) is 5.41 Å². The van der Waals surface area contributed by atoms with Gasteiger partial charge in [0.25, 0.3) is 0 Å². The van der Waals surface area contributed by atoms with E-state index in [4.69, 9.17) is 0 Å². The molecule has 0 bridgehead atoms. The Bertz CT molecular complexity index is 469.